The quantitative estimate of drug-likeness (QED) is 0.275. The predicted molar refractivity (Wildman–Crippen MR) is 83.2 cm³/mol. The van der Waals surface area contributed by atoms with Crippen molar-refractivity contribution < 1.29 is 13.6 Å². The maximum absolute atomic E-state index is 12.7. The Labute approximate surface area is 135 Å². The third kappa shape index (κ3) is 9.00. The second kappa shape index (κ2) is 13.0. The van der Waals surface area contributed by atoms with Crippen molar-refractivity contribution in [2.45, 2.75) is 12.8 Å². The zero-order chi connectivity index (χ0) is 14.6. The fourth-order valence-electron chi connectivity index (χ4n) is 1.28. The minimum Gasteiger partial charge on any atom is -0.297 e. The molecule has 0 aliphatic rings. The Bertz CT molecular complexity index is 255. The van der Waals surface area contributed by atoms with Gasteiger partial charge >= 0.3 is 7.75 Å². The molecule has 19 heavy (non-hydrogen) atoms. The van der Waals surface area contributed by atoms with Crippen LogP contribution in [0.5, 0.6) is 0 Å². The second-order valence-electron chi connectivity index (χ2n) is 3.55. The average Bonchev–Trinajstić information content (AvgIpc) is 2.41. The van der Waals surface area contributed by atoms with E-state index in [1.165, 1.54) is 0 Å². The number of unbranched alkanes of at least 4 members (excludes halogenated alkanes) is 1. The van der Waals surface area contributed by atoms with Gasteiger partial charge in [0, 0.05) is 36.6 Å². The van der Waals surface area contributed by atoms with E-state index in [4.69, 9.17) is 55.5 Å². The molecule has 0 bridgehead atoms. The van der Waals surface area contributed by atoms with Gasteiger partial charge in [-0.3, -0.25) is 9.05 Å². The first kappa shape index (κ1) is 20.3. The van der Waals surface area contributed by atoms with Gasteiger partial charge in [0.05, 0.1) is 13.2 Å². The largest absolute Gasteiger partial charge is 0.408 e. The highest BCUT2D eigenvalue weighted by Gasteiger charge is 2.32. The van der Waals surface area contributed by atoms with Crippen molar-refractivity contribution in [3.05, 3.63) is 0 Å². The molecular formula is C10H20Cl4NO3P. The first-order valence-corrected chi connectivity index (χ1v) is 9.66. The molecule has 0 aromatic carbocycles. The lowest BCUT2D eigenvalue weighted by Crippen LogP contribution is -2.27. The molecule has 4 nitrogen and oxygen atoms in total. The topological polar surface area (TPSA) is 38.8 Å². The van der Waals surface area contributed by atoms with E-state index in [1.54, 1.807) is 4.67 Å². The molecule has 0 amide bonds. The molecule has 1 atom stereocenters. The molecule has 116 valence electrons. The first-order chi connectivity index (χ1) is 9.14. The summed E-state index contributed by atoms with van der Waals surface area (Å²) in [5, 5.41) is 0. The van der Waals surface area contributed by atoms with Crippen molar-refractivity contribution in [1.82, 2.24) is 4.67 Å². The van der Waals surface area contributed by atoms with Crippen LogP contribution in [0.1, 0.15) is 12.8 Å². The molecule has 0 radical (unpaired) electrons. The molecule has 9 heteroatoms. The number of hydrogen-bond acceptors (Lipinski definition) is 3. The van der Waals surface area contributed by atoms with Gasteiger partial charge in [-0.05, 0) is 12.8 Å². The maximum atomic E-state index is 12.7. The van der Waals surface area contributed by atoms with Crippen molar-refractivity contribution in [3.8, 4) is 0 Å². The Kier molecular flexibility index (Phi) is 13.8. The van der Waals surface area contributed by atoms with Gasteiger partial charge in [0.15, 0.2) is 0 Å². The van der Waals surface area contributed by atoms with Crippen LogP contribution in [0.4, 0.5) is 0 Å². The van der Waals surface area contributed by atoms with E-state index in [1.807, 2.05) is 0 Å². The van der Waals surface area contributed by atoms with E-state index in [-0.39, 0.29) is 12.5 Å². The third-order valence-corrected chi connectivity index (χ3v) is 5.02. The Balaban J connectivity index is 4.55. The minimum absolute atomic E-state index is 0.148. The molecule has 0 aromatic heterocycles. The van der Waals surface area contributed by atoms with E-state index >= 15 is 0 Å². The molecule has 0 saturated carbocycles. The SMILES string of the molecule is O=P(OCCCl)(OCCCCCl)N(CCCl)CCCl. The van der Waals surface area contributed by atoms with Gasteiger partial charge in [-0.25, -0.2) is 9.24 Å². The lowest BCUT2D eigenvalue weighted by atomic mass is 10.4. The minimum atomic E-state index is -3.38. The molecule has 0 aliphatic heterocycles. The van der Waals surface area contributed by atoms with E-state index in [2.05, 4.69) is 0 Å². The summed E-state index contributed by atoms with van der Waals surface area (Å²) in [5.74, 6) is 1.42. The summed E-state index contributed by atoms with van der Waals surface area (Å²) in [7, 11) is -3.38. The fraction of sp³-hybridized carbons (Fsp3) is 1.00. The normalized spacial score (nSPS) is 14.8. The Morgan fingerprint density at radius 3 is 1.84 bits per heavy atom. The molecule has 0 N–H and O–H groups in total. The Morgan fingerprint density at radius 2 is 1.37 bits per heavy atom. The maximum Gasteiger partial charge on any atom is 0.408 e. The van der Waals surface area contributed by atoms with Crippen molar-refractivity contribution in [1.29, 1.82) is 0 Å². The smallest absolute Gasteiger partial charge is 0.297 e. The highest BCUT2D eigenvalue weighted by atomic mass is 35.5. The van der Waals surface area contributed by atoms with E-state index in [0.717, 1.165) is 6.42 Å². The lowest BCUT2D eigenvalue weighted by Gasteiger charge is -2.29. The summed E-state index contributed by atoms with van der Waals surface area (Å²) in [6.45, 7) is 1.22. The monoisotopic (exact) mass is 373 g/mol. The number of rotatable bonds is 13. The van der Waals surface area contributed by atoms with E-state index < -0.39 is 7.75 Å². The number of halogens is 4. The number of alkyl halides is 4. The summed E-state index contributed by atoms with van der Waals surface area (Å²) in [6, 6.07) is 0. The molecule has 0 heterocycles. The van der Waals surface area contributed by atoms with Crippen LogP contribution in [-0.2, 0) is 13.6 Å². The van der Waals surface area contributed by atoms with Crippen LogP contribution in [0.15, 0.2) is 0 Å². The molecular weight excluding hydrogens is 355 g/mol. The van der Waals surface area contributed by atoms with Gasteiger partial charge in [0.2, 0.25) is 0 Å². The van der Waals surface area contributed by atoms with Gasteiger partial charge in [-0.15, -0.1) is 46.4 Å². The molecule has 0 saturated heterocycles. The summed E-state index contributed by atoms with van der Waals surface area (Å²) in [4.78, 5) is 0. The predicted octanol–water partition coefficient (Wildman–Crippen LogP) is 4.17. The Hall–Kier alpha value is 1.27. The third-order valence-electron chi connectivity index (χ3n) is 2.15. The van der Waals surface area contributed by atoms with Crippen LogP contribution in [0.3, 0.4) is 0 Å². The van der Waals surface area contributed by atoms with Gasteiger partial charge in [-0.1, -0.05) is 0 Å². The van der Waals surface area contributed by atoms with Crippen molar-refractivity contribution in [3.63, 3.8) is 0 Å². The number of nitrogens with zero attached hydrogens (tertiary/aromatic N) is 1. The zero-order valence-electron chi connectivity index (χ0n) is 10.7. The molecule has 1 unspecified atom stereocenters. The lowest BCUT2D eigenvalue weighted by molar-refractivity contribution is 0.165. The Morgan fingerprint density at radius 1 is 0.789 bits per heavy atom. The molecule has 0 fully saturated rings. The van der Waals surface area contributed by atoms with E-state index in [9.17, 15) is 4.57 Å². The zero-order valence-corrected chi connectivity index (χ0v) is 14.6. The standard InChI is InChI=1S/C10H20Cl4NO3P/c11-3-1-2-9-17-19(16,18-10-6-14)15(7-4-12)8-5-13/h1-10H2. The number of hydrogen-bond donors (Lipinski definition) is 0. The highest BCUT2D eigenvalue weighted by molar-refractivity contribution is 7.51. The summed E-state index contributed by atoms with van der Waals surface area (Å²) in [6.07, 6.45) is 1.51. The molecule has 0 rings (SSSR count). The summed E-state index contributed by atoms with van der Waals surface area (Å²) >= 11 is 22.5. The van der Waals surface area contributed by atoms with Gasteiger partial charge < -0.3 is 0 Å². The first-order valence-electron chi connectivity index (χ1n) is 6.03. The van der Waals surface area contributed by atoms with Crippen LogP contribution in [-0.4, -0.2) is 54.5 Å². The van der Waals surface area contributed by atoms with Crippen molar-refractivity contribution in [2.24, 2.45) is 0 Å². The molecule has 0 spiro atoms. The van der Waals surface area contributed by atoms with Gasteiger partial charge in [0.25, 0.3) is 0 Å². The second-order valence-corrected chi connectivity index (χ2v) is 7.08. The van der Waals surface area contributed by atoms with Crippen LogP contribution in [0, 0.1) is 0 Å². The molecule has 0 aromatic rings. The van der Waals surface area contributed by atoms with Crippen molar-refractivity contribution in [2.75, 3.05) is 49.8 Å². The summed E-state index contributed by atoms with van der Waals surface area (Å²) in [5.41, 5.74) is 0. The fourth-order valence-corrected chi connectivity index (χ4v) is 4.07. The average molecular weight is 375 g/mol. The van der Waals surface area contributed by atoms with Crippen LogP contribution in [0.25, 0.3) is 0 Å². The van der Waals surface area contributed by atoms with Gasteiger partial charge in [-0.2, -0.15) is 0 Å². The van der Waals surface area contributed by atoms with Crippen LogP contribution in [0.2, 0.25) is 0 Å². The van der Waals surface area contributed by atoms with Gasteiger partial charge in [0.1, 0.15) is 0 Å². The molecule has 0 aliphatic carbocycles. The van der Waals surface area contributed by atoms with Crippen molar-refractivity contribution >= 4 is 54.2 Å². The summed E-state index contributed by atoms with van der Waals surface area (Å²) < 4.78 is 25.0. The van der Waals surface area contributed by atoms with E-state index in [0.29, 0.717) is 43.8 Å². The highest BCUT2D eigenvalue weighted by Crippen LogP contribution is 2.51. The van der Waals surface area contributed by atoms with Crippen LogP contribution < -0.4 is 0 Å². The van der Waals surface area contributed by atoms with Crippen LogP contribution >= 0.6 is 54.2 Å².